The first kappa shape index (κ1) is 22.0. The molecule has 0 spiro atoms. The van der Waals surface area contributed by atoms with E-state index in [-0.39, 0.29) is 18.9 Å². The number of rotatable bonds is 5. The zero-order valence-corrected chi connectivity index (χ0v) is 14.4. The van der Waals surface area contributed by atoms with Gasteiger partial charge < -0.3 is 29.6 Å². The average molecular weight is 312 g/mol. The second-order valence-electron chi connectivity index (χ2n) is 5.22. The zero-order chi connectivity index (χ0) is 16.4. The van der Waals surface area contributed by atoms with Crippen LogP contribution in [0.15, 0.2) is 12.1 Å². The molecule has 124 valence electrons. The molecule has 1 aliphatic heterocycles. The summed E-state index contributed by atoms with van der Waals surface area (Å²) in [5.41, 5.74) is 7.76. The maximum absolute atomic E-state index is 10.4. The third-order valence-corrected chi connectivity index (χ3v) is 3.45. The van der Waals surface area contributed by atoms with Crippen molar-refractivity contribution in [1.29, 1.82) is 0 Å². The van der Waals surface area contributed by atoms with Crippen molar-refractivity contribution in [3.8, 4) is 0 Å². The fourth-order valence-electron chi connectivity index (χ4n) is 2.08. The summed E-state index contributed by atoms with van der Waals surface area (Å²) in [6, 6.07) is 3.81. The third-order valence-electron chi connectivity index (χ3n) is 3.45. The first-order valence-electron chi connectivity index (χ1n) is 7.77. The number of nitrogens with one attached hydrogen (secondary N) is 1. The van der Waals surface area contributed by atoms with E-state index in [2.05, 4.69) is 41.0 Å². The maximum Gasteiger partial charge on any atom is 1.00 e. The topological polar surface area (TPSA) is 77.2 Å². The van der Waals surface area contributed by atoms with Gasteiger partial charge in [-0.05, 0) is 30.9 Å². The second kappa shape index (κ2) is 12.4. The molecule has 6 heteroatoms. The van der Waals surface area contributed by atoms with Crippen molar-refractivity contribution in [2.75, 3.05) is 19.0 Å². The van der Waals surface area contributed by atoms with Crippen LogP contribution >= 0.6 is 0 Å². The van der Waals surface area contributed by atoms with Crippen LogP contribution in [0.1, 0.15) is 36.9 Å². The molecule has 1 aliphatic rings. The van der Waals surface area contributed by atoms with E-state index < -0.39 is 12.0 Å². The number of anilines is 1. The Bertz CT molecular complexity index is 469. The molecule has 1 aromatic heterocycles. The van der Waals surface area contributed by atoms with Gasteiger partial charge in [-0.3, -0.25) is 4.79 Å². The molecule has 0 saturated heterocycles. The number of nitrogens with two attached hydrogens (primary N) is 1. The Labute approximate surface area is 151 Å². The van der Waals surface area contributed by atoms with Gasteiger partial charge in [0.25, 0.3) is 0 Å². The number of esters is 1. The number of hydrogen-bond acceptors (Lipinski definition) is 5. The van der Waals surface area contributed by atoms with Crippen molar-refractivity contribution in [2.45, 2.75) is 44.6 Å². The van der Waals surface area contributed by atoms with Crippen molar-refractivity contribution in [1.82, 2.24) is 4.98 Å². The van der Waals surface area contributed by atoms with E-state index in [0.29, 0.717) is 6.42 Å². The van der Waals surface area contributed by atoms with E-state index in [0.717, 1.165) is 31.6 Å². The number of aryl methyl sites for hydroxylation is 2. The molecule has 1 atom stereocenters. The summed E-state index contributed by atoms with van der Waals surface area (Å²) in [5.74, 6) is 0.706. The quantitative estimate of drug-likeness (QED) is 0.428. The summed E-state index contributed by atoms with van der Waals surface area (Å²) in [6.07, 6.45) is 5.96. The molecule has 3 N–H and O–H groups in total. The molecule has 5 nitrogen and oxygen atoms in total. The van der Waals surface area contributed by atoms with Crippen LogP contribution in [0.2, 0.25) is 0 Å². The number of unbranched alkanes of at least 4 members (excludes halogenated alkanes) is 1. The normalized spacial score (nSPS) is 13.4. The van der Waals surface area contributed by atoms with Gasteiger partial charge in [-0.25, -0.2) is 4.98 Å². The summed E-state index contributed by atoms with van der Waals surface area (Å²) in [5, 5.41) is 3.35. The Kier molecular flexibility index (Phi) is 11.9. The monoisotopic (exact) mass is 312 g/mol. The van der Waals surface area contributed by atoms with Gasteiger partial charge in [0.1, 0.15) is 5.82 Å². The molecule has 0 aromatic carbocycles. The minimum absolute atomic E-state index is 0. The second-order valence-corrected chi connectivity index (χ2v) is 5.22. The number of carbonyl (C=O) groups is 1. The van der Waals surface area contributed by atoms with E-state index in [1.807, 2.05) is 0 Å². The number of fused-ring (bicyclic) bond motifs is 1. The van der Waals surface area contributed by atoms with Gasteiger partial charge in [-0.15, -0.1) is 0 Å². The van der Waals surface area contributed by atoms with Crippen molar-refractivity contribution in [2.24, 2.45) is 5.73 Å². The minimum atomic E-state index is -0.556. The van der Waals surface area contributed by atoms with Gasteiger partial charge in [0, 0.05) is 12.2 Å². The number of pyridine rings is 1. The Balaban J connectivity index is 0.000000469. The molecular weight excluding hydrogens is 285 g/mol. The Morgan fingerprint density at radius 2 is 2.22 bits per heavy atom. The Morgan fingerprint density at radius 1 is 1.48 bits per heavy atom. The van der Waals surface area contributed by atoms with Crippen molar-refractivity contribution < 1.29 is 28.4 Å². The molecule has 2 heterocycles. The van der Waals surface area contributed by atoms with Crippen LogP contribution in [0.25, 0.3) is 0 Å². The smallest absolute Gasteiger partial charge is 0.468 e. The third kappa shape index (κ3) is 7.87. The number of carbonyl (C=O) groups excluding carboxylic acids is 1. The molecule has 0 amide bonds. The van der Waals surface area contributed by atoms with Crippen LogP contribution in [-0.2, 0) is 22.4 Å². The van der Waals surface area contributed by atoms with Gasteiger partial charge in [0.15, 0.2) is 0 Å². The van der Waals surface area contributed by atoms with Crippen LogP contribution in [0.3, 0.4) is 0 Å². The predicted molar refractivity (Wildman–Crippen MR) is 89.3 cm³/mol. The van der Waals surface area contributed by atoms with Crippen LogP contribution in [0.4, 0.5) is 5.82 Å². The summed E-state index contributed by atoms with van der Waals surface area (Å²) in [7, 11) is 1.30. The van der Waals surface area contributed by atoms with E-state index in [1.54, 1.807) is 0 Å². The van der Waals surface area contributed by atoms with E-state index in [9.17, 15) is 4.79 Å². The molecular formula is C17H27LiN3O2-. The summed E-state index contributed by atoms with van der Waals surface area (Å²) >= 11 is 0. The first-order valence-corrected chi connectivity index (χ1v) is 7.77. The zero-order valence-electron chi connectivity index (χ0n) is 14.4. The summed E-state index contributed by atoms with van der Waals surface area (Å²) in [4.78, 5) is 15.0. The van der Waals surface area contributed by atoms with Crippen molar-refractivity contribution in [3.63, 3.8) is 0 Å². The predicted octanol–water partition coefficient (Wildman–Crippen LogP) is -0.689. The summed E-state index contributed by atoms with van der Waals surface area (Å²) in [6.45, 7) is 8.34. The molecule has 23 heavy (non-hydrogen) atoms. The number of hydrogen-bond donors (Lipinski definition) is 2. The Hall–Kier alpha value is -1.02. The van der Waals surface area contributed by atoms with Crippen LogP contribution in [0, 0.1) is 13.8 Å². The fourth-order valence-corrected chi connectivity index (χ4v) is 2.08. The van der Waals surface area contributed by atoms with E-state index in [1.165, 1.54) is 31.2 Å². The largest absolute Gasteiger partial charge is 1.00 e. The molecule has 0 fully saturated rings. The number of methoxy groups -OCH3 is 1. The van der Waals surface area contributed by atoms with Gasteiger partial charge in [0.2, 0.25) is 0 Å². The molecule has 0 aliphatic carbocycles. The van der Waals surface area contributed by atoms with Crippen molar-refractivity contribution in [3.05, 3.63) is 37.2 Å². The van der Waals surface area contributed by atoms with E-state index >= 15 is 0 Å². The standard InChI is InChI=1S/C12H17N2.C5H10NO2.Li/c1-2-3-6-11-8-7-10-5-4-9-13-12(10)14-11;1-3-4(6)5(7)8-2;/h7-8H,1-6,9H2,(H,13,14);4H,1,3,6H2,2H3;/q2*-1;+1/t;4-;/m.0./s1. The Morgan fingerprint density at radius 3 is 2.78 bits per heavy atom. The SMILES string of the molecule is [CH2-]CCCc1ccc2c(n1)NCCC2.[CH2-]C[C@H](N)C(=O)OC.[Li+]. The maximum atomic E-state index is 10.4. The molecule has 0 radical (unpaired) electrons. The molecule has 0 unspecified atom stereocenters. The fraction of sp³-hybridized carbons (Fsp3) is 0.529. The average Bonchev–Trinajstić information content (AvgIpc) is 2.58. The molecule has 1 aromatic rings. The van der Waals surface area contributed by atoms with E-state index in [4.69, 9.17) is 5.73 Å². The van der Waals surface area contributed by atoms with Crippen LogP contribution < -0.4 is 29.9 Å². The van der Waals surface area contributed by atoms with Crippen molar-refractivity contribution >= 4 is 11.8 Å². The van der Waals surface area contributed by atoms with Crippen LogP contribution in [0.5, 0.6) is 0 Å². The summed E-state index contributed by atoms with van der Waals surface area (Å²) < 4.78 is 4.30. The van der Waals surface area contributed by atoms with Gasteiger partial charge in [-0.1, -0.05) is 12.5 Å². The number of nitrogens with zero attached hydrogens (tertiary/aromatic N) is 1. The van der Waals surface area contributed by atoms with Gasteiger partial charge in [0.05, 0.1) is 13.2 Å². The molecule has 2 rings (SSSR count). The minimum Gasteiger partial charge on any atom is -0.468 e. The van der Waals surface area contributed by atoms with Crippen LogP contribution in [-0.4, -0.2) is 30.6 Å². The molecule has 0 bridgehead atoms. The van der Waals surface area contributed by atoms with Gasteiger partial charge >= 0.3 is 24.8 Å². The molecule has 0 saturated carbocycles. The number of ether oxygens (including phenoxy) is 1. The number of aromatic nitrogens is 1. The van der Waals surface area contributed by atoms with Gasteiger partial charge in [-0.2, -0.15) is 12.8 Å². The first-order chi connectivity index (χ1) is 10.6.